The molecular formula is C23H27N3O4S. The van der Waals surface area contributed by atoms with Gasteiger partial charge >= 0.3 is 0 Å². The molecule has 0 spiro atoms. The van der Waals surface area contributed by atoms with E-state index < -0.39 is 10.0 Å². The van der Waals surface area contributed by atoms with Crippen LogP contribution in [0.15, 0.2) is 59.5 Å². The van der Waals surface area contributed by atoms with Crippen LogP contribution in [0.4, 0.5) is 0 Å². The summed E-state index contributed by atoms with van der Waals surface area (Å²) in [7, 11) is -3.60. The summed E-state index contributed by atoms with van der Waals surface area (Å²) in [6.45, 7) is 4.62. The van der Waals surface area contributed by atoms with E-state index in [9.17, 15) is 18.0 Å². The van der Waals surface area contributed by atoms with E-state index in [0.717, 1.165) is 11.1 Å². The molecule has 8 heteroatoms. The van der Waals surface area contributed by atoms with Crippen molar-refractivity contribution in [3.63, 3.8) is 0 Å². The zero-order valence-corrected chi connectivity index (χ0v) is 18.6. The van der Waals surface area contributed by atoms with Gasteiger partial charge in [-0.2, -0.15) is 4.31 Å². The number of nitrogens with one attached hydrogen (secondary N) is 1. The molecule has 0 bridgehead atoms. The third-order valence-electron chi connectivity index (χ3n) is 5.18. The quantitative estimate of drug-likeness (QED) is 0.695. The van der Waals surface area contributed by atoms with Crippen LogP contribution in [0.2, 0.25) is 0 Å². The van der Waals surface area contributed by atoms with E-state index in [1.54, 1.807) is 30.0 Å². The number of amides is 2. The van der Waals surface area contributed by atoms with Crippen LogP contribution in [-0.2, 0) is 19.6 Å². The van der Waals surface area contributed by atoms with Crippen LogP contribution in [0, 0.1) is 13.8 Å². The molecule has 7 nitrogen and oxygen atoms in total. The first-order valence-corrected chi connectivity index (χ1v) is 11.6. The van der Waals surface area contributed by atoms with E-state index in [1.807, 2.05) is 43.3 Å². The van der Waals surface area contributed by atoms with Gasteiger partial charge in [0.15, 0.2) is 0 Å². The van der Waals surface area contributed by atoms with Crippen molar-refractivity contribution < 1.29 is 18.0 Å². The van der Waals surface area contributed by atoms with E-state index in [2.05, 4.69) is 5.32 Å². The molecule has 1 aliphatic rings. The molecule has 3 rings (SSSR count). The molecule has 2 aromatic rings. The highest BCUT2D eigenvalue weighted by Gasteiger charge is 2.30. The van der Waals surface area contributed by atoms with Gasteiger partial charge in [-0.3, -0.25) is 9.59 Å². The Labute approximate surface area is 183 Å². The summed E-state index contributed by atoms with van der Waals surface area (Å²) >= 11 is 0. The Balaban J connectivity index is 1.50. The first-order chi connectivity index (χ1) is 14.8. The van der Waals surface area contributed by atoms with Gasteiger partial charge in [-0.1, -0.05) is 48.0 Å². The Morgan fingerprint density at radius 2 is 1.68 bits per heavy atom. The average Bonchev–Trinajstić information content (AvgIpc) is 2.76. The fourth-order valence-electron chi connectivity index (χ4n) is 3.48. The third-order valence-corrected chi connectivity index (χ3v) is 7.24. The lowest BCUT2D eigenvalue weighted by Gasteiger charge is -2.34. The Morgan fingerprint density at radius 3 is 2.32 bits per heavy atom. The summed E-state index contributed by atoms with van der Waals surface area (Å²) in [5, 5.41) is 2.58. The summed E-state index contributed by atoms with van der Waals surface area (Å²) in [6.07, 6.45) is 3.06. The smallest absolute Gasteiger partial charge is 0.244 e. The summed E-state index contributed by atoms with van der Waals surface area (Å²) in [5.41, 5.74) is 2.61. The number of nitrogens with zero attached hydrogens (tertiary/aromatic N) is 2. The van der Waals surface area contributed by atoms with Crippen molar-refractivity contribution in [2.75, 3.05) is 32.7 Å². The van der Waals surface area contributed by atoms with Crippen molar-refractivity contribution in [2.24, 2.45) is 0 Å². The second-order valence-corrected chi connectivity index (χ2v) is 9.42. The SMILES string of the molecule is Cc1ccc(S(=O)(=O)N2CCN(C(=O)CNC(=O)/C=C/c3ccccc3)CC2)c(C)c1. The molecule has 0 aromatic heterocycles. The molecule has 164 valence electrons. The highest BCUT2D eigenvalue weighted by atomic mass is 32.2. The number of sulfonamides is 1. The third kappa shape index (κ3) is 5.80. The van der Waals surface area contributed by atoms with Crippen LogP contribution in [0.25, 0.3) is 6.08 Å². The normalized spacial score (nSPS) is 15.2. The largest absolute Gasteiger partial charge is 0.343 e. The number of hydrogen-bond acceptors (Lipinski definition) is 4. The average molecular weight is 442 g/mol. The van der Waals surface area contributed by atoms with E-state index in [0.29, 0.717) is 23.5 Å². The van der Waals surface area contributed by atoms with E-state index in [4.69, 9.17) is 0 Å². The minimum atomic E-state index is -3.60. The minimum Gasteiger partial charge on any atom is -0.343 e. The fraction of sp³-hybridized carbons (Fsp3) is 0.304. The lowest BCUT2D eigenvalue weighted by atomic mass is 10.2. The molecule has 1 heterocycles. The number of hydrogen-bond donors (Lipinski definition) is 1. The molecule has 0 radical (unpaired) electrons. The number of piperazine rings is 1. The second-order valence-electron chi connectivity index (χ2n) is 7.52. The number of carbonyl (C=O) groups is 2. The predicted octanol–water partition coefficient (Wildman–Crippen LogP) is 1.97. The Bertz CT molecular complexity index is 1070. The van der Waals surface area contributed by atoms with E-state index in [1.165, 1.54) is 10.4 Å². The highest BCUT2D eigenvalue weighted by molar-refractivity contribution is 7.89. The topological polar surface area (TPSA) is 86.8 Å². The molecule has 2 amide bonds. The van der Waals surface area contributed by atoms with Gasteiger partial charge in [-0.15, -0.1) is 0 Å². The number of benzene rings is 2. The summed E-state index contributed by atoms with van der Waals surface area (Å²) in [5.74, 6) is -0.585. The van der Waals surface area contributed by atoms with Gasteiger partial charge in [0.2, 0.25) is 21.8 Å². The monoisotopic (exact) mass is 441 g/mol. The molecular weight excluding hydrogens is 414 g/mol. The van der Waals surface area contributed by atoms with Crippen molar-refractivity contribution in [1.29, 1.82) is 0 Å². The molecule has 1 saturated heterocycles. The van der Waals surface area contributed by atoms with Crippen LogP contribution in [-0.4, -0.2) is 62.2 Å². The zero-order valence-electron chi connectivity index (χ0n) is 17.7. The maximum absolute atomic E-state index is 13.0. The molecule has 0 aliphatic carbocycles. The summed E-state index contributed by atoms with van der Waals surface area (Å²) in [6, 6.07) is 14.7. The molecule has 0 saturated carbocycles. The molecule has 1 N–H and O–H groups in total. The van der Waals surface area contributed by atoms with Crippen molar-refractivity contribution in [1.82, 2.24) is 14.5 Å². The predicted molar refractivity (Wildman–Crippen MR) is 120 cm³/mol. The van der Waals surface area contributed by atoms with Crippen LogP contribution >= 0.6 is 0 Å². The van der Waals surface area contributed by atoms with Gasteiger partial charge in [0.05, 0.1) is 11.4 Å². The van der Waals surface area contributed by atoms with Crippen LogP contribution in [0.1, 0.15) is 16.7 Å². The van der Waals surface area contributed by atoms with Crippen molar-refractivity contribution in [2.45, 2.75) is 18.7 Å². The van der Waals surface area contributed by atoms with Gasteiger partial charge in [0, 0.05) is 32.3 Å². The molecule has 0 atom stereocenters. The molecule has 31 heavy (non-hydrogen) atoms. The number of aryl methyl sites for hydroxylation is 2. The molecule has 1 aliphatic heterocycles. The second kappa shape index (κ2) is 9.89. The standard InChI is InChI=1S/C23H27N3O4S/c1-18-8-10-21(19(2)16-18)31(29,30)26-14-12-25(13-15-26)23(28)17-24-22(27)11-9-20-6-4-3-5-7-20/h3-11,16H,12-15,17H2,1-2H3,(H,24,27)/b11-9+. The van der Waals surface area contributed by atoms with Crippen LogP contribution in [0.3, 0.4) is 0 Å². The van der Waals surface area contributed by atoms with Crippen LogP contribution in [0.5, 0.6) is 0 Å². The van der Waals surface area contributed by atoms with Gasteiger partial charge in [0.25, 0.3) is 0 Å². The molecule has 1 fully saturated rings. The number of carbonyl (C=O) groups excluding carboxylic acids is 2. The maximum atomic E-state index is 13.0. The molecule has 0 unspecified atom stereocenters. The number of rotatable bonds is 6. The van der Waals surface area contributed by atoms with E-state index in [-0.39, 0.29) is 31.4 Å². The van der Waals surface area contributed by atoms with Gasteiger partial charge in [-0.25, -0.2) is 8.42 Å². The lowest BCUT2D eigenvalue weighted by molar-refractivity contribution is -0.133. The van der Waals surface area contributed by atoms with Crippen molar-refractivity contribution in [3.8, 4) is 0 Å². The first kappa shape index (κ1) is 22.7. The van der Waals surface area contributed by atoms with Crippen LogP contribution < -0.4 is 5.32 Å². The Morgan fingerprint density at radius 1 is 1.00 bits per heavy atom. The van der Waals surface area contributed by atoms with Crippen molar-refractivity contribution in [3.05, 3.63) is 71.3 Å². The Kier molecular flexibility index (Phi) is 7.25. The van der Waals surface area contributed by atoms with Gasteiger partial charge in [-0.05, 0) is 37.1 Å². The highest BCUT2D eigenvalue weighted by Crippen LogP contribution is 2.22. The van der Waals surface area contributed by atoms with Gasteiger partial charge < -0.3 is 10.2 Å². The van der Waals surface area contributed by atoms with E-state index >= 15 is 0 Å². The lowest BCUT2D eigenvalue weighted by Crippen LogP contribution is -2.52. The fourth-order valence-corrected chi connectivity index (χ4v) is 5.10. The maximum Gasteiger partial charge on any atom is 0.244 e. The molecule has 2 aromatic carbocycles. The Hall–Kier alpha value is -2.97. The first-order valence-electron chi connectivity index (χ1n) is 10.1. The summed E-state index contributed by atoms with van der Waals surface area (Å²) in [4.78, 5) is 26.2. The summed E-state index contributed by atoms with van der Waals surface area (Å²) < 4.78 is 27.3. The zero-order chi connectivity index (χ0) is 22.4. The van der Waals surface area contributed by atoms with Gasteiger partial charge in [0.1, 0.15) is 0 Å². The minimum absolute atomic E-state index is 0.123. The van der Waals surface area contributed by atoms with Crippen molar-refractivity contribution >= 4 is 27.9 Å².